The highest BCUT2D eigenvalue weighted by molar-refractivity contribution is 6.30. The van der Waals surface area contributed by atoms with Crippen molar-refractivity contribution in [3.05, 3.63) is 41.2 Å². The third kappa shape index (κ3) is 7.86. The molecule has 0 unspecified atom stereocenters. The van der Waals surface area contributed by atoms with Gasteiger partial charge in [0.25, 0.3) is 5.92 Å². The van der Waals surface area contributed by atoms with E-state index in [1.165, 1.54) is 11.8 Å². The summed E-state index contributed by atoms with van der Waals surface area (Å²) in [5.74, 6) is -9.42. The van der Waals surface area contributed by atoms with Crippen molar-refractivity contribution >= 4 is 41.0 Å². The van der Waals surface area contributed by atoms with Crippen LogP contribution in [0.25, 0.3) is 0 Å². The molecule has 9 nitrogen and oxygen atoms in total. The zero-order valence-electron chi connectivity index (χ0n) is 25.1. The first-order valence-corrected chi connectivity index (χ1v) is 15.5. The van der Waals surface area contributed by atoms with Gasteiger partial charge in [0.1, 0.15) is 12.1 Å². The Hall–Kier alpha value is -3.28. The highest BCUT2D eigenvalue weighted by Crippen LogP contribution is 2.49. The number of anilines is 1. The van der Waals surface area contributed by atoms with Gasteiger partial charge in [-0.2, -0.15) is 4.39 Å². The lowest BCUT2D eigenvalue weighted by atomic mass is 9.71. The first kappa shape index (κ1) is 33.6. The third-order valence-electron chi connectivity index (χ3n) is 8.48. The second kappa shape index (κ2) is 14.2. The van der Waals surface area contributed by atoms with Gasteiger partial charge < -0.3 is 25.6 Å². The number of nitrogens with zero attached hydrogens (tertiary/aromatic N) is 1. The molecule has 3 heterocycles. The van der Waals surface area contributed by atoms with Crippen molar-refractivity contribution in [3.63, 3.8) is 0 Å². The second-order valence-electron chi connectivity index (χ2n) is 12.2. The van der Waals surface area contributed by atoms with Gasteiger partial charge in [0.2, 0.25) is 23.5 Å². The predicted molar refractivity (Wildman–Crippen MR) is 159 cm³/mol. The quantitative estimate of drug-likeness (QED) is 0.227. The molecule has 5 rings (SSSR count). The number of hydrogen-bond acceptors (Lipinski definition) is 6. The standard InChI is InChI=1S/C31H40ClF3N4O5/c1-4-44-30(43)24(33)15-21(13-18-10-11-36-27(18)40)38-28(41)26-23-9-8-22(16-31(23,34)35)39(26)29(42)25(12-17(2)3)37-20-7-5-6-19(32)14-20/h5-7,14-15,17-18,21-23,25-26,37H,4,8-13,16H2,1-3H3,(H,36,40)(H,38,41)/b24-15+/t18-,21+,22+,23+,25-,26+/m0/s1. The molecule has 4 aliphatic rings. The van der Waals surface area contributed by atoms with Gasteiger partial charge >= 0.3 is 5.97 Å². The molecule has 3 N–H and O–H groups in total. The third-order valence-corrected chi connectivity index (χ3v) is 8.71. The molecule has 3 aliphatic heterocycles. The van der Waals surface area contributed by atoms with Gasteiger partial charge in [-0.3, -0.25) is 14.4 Å². The maximum atomic E-state index is 15.3. The Morgan fingerprint density at radius 1 is 1.23 bits per heavy atom. The van der Waals surface area contributed by atoms with Crippen LogP contribution in [0, 0.1) is 17.8 Å². The van der Waals surface area contributed by atoms with E-state index in [0.717, 1.165) is 6.08 Å². The Kier molecular flexibility index (Phi) is 10.9. The molecule has 1 aliphatic carbocycles. The summed E-state index contributed by atoms with van der Waals surface area (Å²) in [7, 11) is 0. The summed E-state index contributed by atoms with van der Waals surface area (Å²) in [6, 6.07) is 2.33. The van der Waals surface area contributed by atoms with Gasteiger partial charge in [0.15, 0.2) is 0 Å². The Bertz CT molecular complexity index is 1280. The fraction of sp³-hybridized carbons (Fsp3) is 0.613. The van der Waals surface area contributed by atoms with Gasteiger partial charge in [-0.25, -0.2) is 13.6 Å². The van der Waals surface area contributed by atoms with Crippen LogP contribution in [0.1, 0.15) is 59.3 Å². The lowest BCUT2D eigenvalue weighted by Gasteiger charge is -2.54. The maximum absolute atomic E-state index is 15.3. The van der Waals surface area contributed by atoms with E-state index in [-0.39, 0.29) is 31.3 Å². The van der Waals surface area contributed by atoms with Gasteiger partial charge in [-0.1, -0.05) is 31.5 Å². The van der Waals surface area contributed by atoms with E-state index >= 15 is 8.78 Å². The van der Waals surface area contributed by atoms with Crippen LogP contribution >= 0.6 is 11.6 Å². The minimum Gasteiger partial charge on any atom is -0.461 e. The minimum absolute atomic E-state index is 0.0266. The number of hydrogen-bond donors (Lipinski definition) is 3. The van der Waals surface area contributed by atoms with E-state index in [9.17, 15) is 23.6 Å². The number of nitrogens with one attached hydrogen (secondary N) is 3. The fourth-order valence-corrected chi connectivity index (χ4v) is 6.72. The summed E-state index contributed by atoms with van der Waals surface area (Å²) in [6.45, 7) is 5.67. The smallest absolute Gasteiger partial charge is 0.366 e. The average molecular weight is 641 g/mol. The summed E-state index contributed by atoms with van der Waals surface area (Å²) in [5.41, 5.74) is 0.569. The Morgan fingerprint density at radius 2 is 1.98 bits per heavy atom. The molecule has 1 saturated carbocycles. The Labute approximate surface area is 260 Å². The number of esters is 1. The highest BCUT2D eigenvalue weighted by atomic mass is 35.5. The molecular weight excluding hydrogens is 601 g/mol. The number of rotatable bonds is 12. The van der Waals surface area contributed by atoms with Crippen LogP contribution in [0.15, 0.2) is 36.2 Å². The second-order valence-corrected chi connectivity index (χ2v) is 12.6. The highest BCUT2D eigenvalue weighted by Gasteiger charge is 2.61. The first-order chi connectivity index (χ1) is 20.8. The van der Waals surface area contributed by atoms with Crippen LogP contribution in [0.3, 0.4) is 0 Å². The van der Waals surface area contributed by atoms with Gasteiger partial charge in [0, 0.05) is 35.6 Å². The summed E-state index contributed by atoms with van der Waals surface area (Å²) >= 11 is 6.14. The zero-order valence-corrected chi connectivity index (χ0v) is 25.8. The molecule has 4 fully saturated rings. The summed E-state index contributed by atoms with van der Waals surface area (Å²) in [5, 5.41) is 8.90. The number of alkyl halides is 2. The van der Waals surface area contributed by atoms with Gasteiger partial charge in [-0.15, -0.1) is 0 Å². The molecule has 0 radical (unpaired) electrons. The topological polar surface area (TPSA) is 117 Å². The lowest BCUT2D eigenvalue weighted by Crippen LogP contribution is -2.70. The number of benzene rings is 1. The van der Waals surface area contributed by atoms with E-state index in [1.54, 1.807) is 24.3 Å². The SMILES string of the molecule is CCOC(=O)/C(F)=C\[C@@H](C[C@@H]1CCNC1=O)NC(=O)[C@H]1[C@H]2CC[C@H](CC2(F)F)N1C(=O)[C@H](CC(C)C)Nc1cccc(Cl)c1. The van der Waals surface area contributed by atoms with E-state index < -0.39 is 72.0 Å². The molecule has 44 heavy (non-hydrogen) atoms. The maximum Gasteiger partial charge on any atom is 0.366 e. The molecule has 0 spiro atoms. The van der Waals surface area contributed by atoms with Gasteiger partial charge in [0.05, 0.1) is 18.6 Å². The minimum atomic E-state index is -3.21. The van der Waals surface area contributed by atoms with Crippen molar-refractivity contribution in [2.24, 2.45) is 17.8 Å². The fourth-order valence-electron chi connectivity index (χ4n) is 6.53. The molecule has 2 bridgehead atoms. The van der Waals surface area contributed by atoms with E-state index in [0.29, 0.717) is 36.5 Å². The Balaban J connectivity index is 1.65. The summed E-state index contributed by atoms with van der Waals surface area (Å²) in [4.78, 5) is 53.7. The lowest BCUT2D eigenvalue weighted by molar-refractivity contribution is -0.194. The van der Waals surface area contributed by atoms with Crippen LogP contribution < -0.4 is 16.0 Å². The summed E-state index contributed by atoms with van der Waals surface area (Å²) < 4.78 is 50.1. The van der Waals surface area contributed by atoms with Crippen molar-refractivity contribution in [2.45, 2.75) is 89.4 Å². The van der Waals surface area contributed by atoms with Gasteiger partial charge in [-0.05, 0) is 69.2 Å². The number of ether oxygens (including phenoxy) is 1. The zero-order chi connectivity index (χ0) is 32.2. The number of piperidine rings is 2. The van der Waals surface area contributed by atoms with E-state index in [2.05, 4.69) is 16.0 Å². The van der Waals surface area contributed by atoms with Crippen LogP contribution in [0.2, 0.25) is 5.02 Å². The Morgan fingerprint density at radius 3 is 2.59 bits per heavy atom. The predicted octanol–water partition coefficient (Wildman–Crippen LogP) is 4.61. The van der Waals surface area contributed by atoms with Crippen molar-refractivity contribution in [1.29, 1.82) is 0 Å². The van der Waals surface area contributed by atoms with Crippen LogP contribution in [-0.2, 0) is 23.9 Å². The van der Waals surface area contributed by atoms with Crippen molar-refractivity contribution in [2.75, 3.05) is 18.5 Å². The molecule has 242 valence electrons. The van der Waals surface area contributed by atoms with Crippen LogP contribution in [-0.4, -0.2) is 71.8 Å². The summed E-state index contributed by atoms with van der Waals surface area (Å²) in [6.07, 6.45) is 1.32. The van der Waals surface area contributed by atoms with Crippen molar-refractivity contribution < 1.29 is 37.1 Å². The normalized spacial score (nSPS) is 25.8. The number of carbonyl (C=O) groups is 4. The van der Waals surface area contributed by atoms with Crippen molar-refractivity contribution in [3.8, 4) is 0 Å². The molecule has 1 aromatic carbocycles. The molecular formula is C31H40ClF3N4O5. The number of fused-ring (bicyclic) bond motifs is 3. The monoisotopic (exact) mass is 640 g/mol. The number of carbonyl (C=O) groups excluding carboxylic acids is 4. The number of halogens is 4. The molecule has 13 heteroatoms. The largest absolute Gasteiger partial charge is 0.461 e. The average Bonchev–Trinajstić information content (AvgIpc) is 3.35. The first-order valence-electron chi connectivity index (χ1n) is 15.1. The molecule has 0 aromatic heterocycles. The molecule has 3 amide bonds. The van der Waals surface area contributed by atoms with E-state index in [4.69, 9.17) is 16.3 Å². The molecule has 3 saturated heterocycles. The molecule has 6 atom stereocenters. The molecule has 1 aromatic rings. The van der Waals surface area contributed by atoms with Crippen molar-refractivity contribution in [1.82, 2.24) is 15.5 Å². The van der Waals surface area contributed by atoms with Crippen LogP contribution in [0.4, 0.5) is 18.9 Å². The van der Waals surface area contributed by atoms with Crippen LogP contribution in [0.5, 0.6) is 0 Å². The number of amides is 3. The van der Waals surface area contributed by atoms with E-state index in [1.807, 2.05) is 13.8 Å².